The van der Waals surface area contributed by atoms with E-state index in [1.165, 1.54) is 5.32 Å². The van der Waals surface area contributed by atoms with Crippen LogP contribution in [0.2, 0.25) is 0 Å². The van der Waals surface area contributed by atoms with Crippen molar-refractivity contribution in [3.05, 3.63) is 11.0 Å². The summed E-state index contributed by atoms with van der Waals surface area (Å²) < 4.78 is 204. The van der Waals surface area contributed by atoms with Gasteiger partial charge in [-0.1, -0.05) is 0 Å². The molecular weight excluding hydrogens is 727 g/mol. The van der Waals surface area contributed by atoms with Gasteiger partial charge in [0.25, 0.3) is 0 Å². The number of carboxylic acid groups (broad SMARTS) is 3. The Morgan fingerprint density at radius 3 is 1.57 bits per heavy atom. The van der Waals surface area contributed by atoms with E-state index in [0.717, 1.165) is 0 Å². The third kappa shape index (κ3) is 9.04. The number of alkyl halides is 15. The fourth-order valence-corrected chi connectivity index (χ4v) is 3.85. The highest BCUT2D eigenvalue weighted by molar-refractivity contribution is 8.03. The number of carbonyl (C=O) groups is 5. The number of rotatable bonds is 18. The summed E-state index contributed by atoms with van der Waals surface area (Å²) in [6, 6.07) is -4.24. The summed E-state index contributed by atoms with van der Waals surface area (Å²) in [5.41, 5.74) is 5.10. The van der Waals surface area contributed by atoms with E-state index in [2.05, 4.69) is 0 Å². The van der Waals surface area contributed by atoms with Gasteiger partial charge in [-0.2, -0.15) is 65.9 Å². The Hall–Kier alpha value is -3.65. The van der Waals surface area contributed by atoms with E-state index in [9.17, 15) is 89.8 Å². The van der Waals surface area contributed by atoms with Crippen LogP contribution in [-0.4, -0.2) is 111 Å². The minimum Gasteiger partial charge on any atom is -0.480 e. The average Bonchev–Trinajstić information content (AvgIpc) is 2.89. The zero-order chi connectivity index (χ0) is 37.8. The third-order valence-electron chi connectivity index (χ3n) is 5.36. The second-order valence-electron chi connectivity index (χ2n) is 8.82. The maximum absolute atomic E-state index is 14.7. The molecule has 0 aliphatic rings. The Morgan fingerprint density at radius 1 is 0.723 bits per heavy atom. The van der Waals surface area contributed by atoms with Crippen molar-refractivity contribution in [1.29, 1.82) is 0 Å². The molecule has 0 aromatic carbocycles. The van der Waals surface area contributed by atoms with Crippen LogP contribution in [0.5, 0.6) is 0 Å². The first-order valence-corrected chi connectivity index (χ1v) is 12.4. The van der Waals surface area contributed by atoms with Crippen molar-refractivity contribution < 1.29 is 105 Å². The molecule has 272 valence electrons. The van der Waals surface area contributed by atoms with Crippen molar-refractivity contribution in [2.24, 2.45) is 5.73 Å². The van der Waals surface area contributed by atoms with Crippen LogP contribution in [0.15, 0.2) is 11.0 Å². The molecule has 0 aliphatic heterocycles. The summed E-state index contributed by atoms with van der Waals surface area (Å²) in [4.78, 5) is 53.5. The summed E-state index contributed by atoms with van der Waals surface area (Å²) in [7, 11) is 0. The van der Waals surface area contributed by atoms with Crippen molar-refractivity contribution >= 4 is 41.5 Å². The van der Waals surface area contributed by atoms with Gasteiger partial charge in [-0.05, 0) is 6.42 Å². The van der Waals surface area contributed by atoms with Crippen LogP contribution in [0, 0.1) is 0 Å². The number of halogens is 15. The second-order valence-corrected chi connectivity index (χ2v) is 9.88. The summed E-state index contributed by atoms with van der Waals surface area (Å²) >= 11 is -1.22. The first kappa shape index (κ1) is 43.4. The zero-order valence-electron chi connectivity index (χ0n) is 22.1. The summed E-state index contributed by atoms with van der Waals surface area (Å²) in [5.74, 6) is -60.7. The largest absolute Gasteiger partial charge is 0.480 e. The SMILES string of the molecule is NC(CCC(=O)NC(CS/C(=C/C(=O)O)C(F)(F)C(F)(F)C(F)(F)C(F)(F)C(F)(F)C(F)(F)C(F)(F)F)C(=O)NCC(=O)O)C(=O)O. The second kappa shape index (κ2) is 14.6. The van der Waals surface area contributed by atoms with Crippen LogP contribution in [0.1, 0.15) is 12.8 Å². The molecule has 0 aliphatic carbocycles. The number of hydrogen-bond donors (Lipinski definition) is 6. The molecule has 2 unspecified atom stereocenters. The molecule has 0 spiro atoms. The van der Waals surface area contributed by atoms with Crippen molar-refractivity contribution in [3.63, 3.8) is 0 Å². The number of nitrogens with one attached hydrogen (secondary N) is 2. The summed E-state index contributed by atoms with van der Waals surface area (Å²) in [5, 5.41) is 29.0. The number of allylic oxidation sites excluding steroid dienone is 1. The van der Waals surface area contributed by atoms with Gasteiger partial charge >= 0.3 is 59.6 Å². The lowest BCUT2D eigenvalue weighted by Gasteiger charge is -2.41. The molecule has 0 heterocycles. The Labute approximate surface area is 253 Å². The monoisotopic (exact) mass is 745 g/mol. The lowest BCUT2D eigenvalue weighted by atomic mass is 9.91. The number of hydrogen-bond acceptors (Lipinski definition) is 7. The first-order chi connectivity index (χ1) is 20.7. The van der Waals surface area contributed by atoms with Crippen molar-refractivity contribution in [2.75, 3.05) is 12.3 Å². The number of aliphatic carboxylic acids is 3. The molecule has 0 aromatic rings. The highest BCUT2D eigenvalue weighted by Gasteiger charge is 2.93. The first-order valence-electron chi connectivity index (χ1n) is 11.4. The predicted molar refractivity (Wildman–Crippen MR) is 121 cm³/mol. The van der Waals surface area contributed by atoms with Gasteiger partial charge < -0.3 is 31.7 Å². The van der Waals surface area contributed by atoms with Gasteiger partial charge in [0.15, 0.2) is 0 Å². The zero-order valence-corrected chi connectivity index (χ0v) is 22.9. The van der Waals surface area contributed by atoms with Gasteiger partial charge in [0.05, 0.1) is 4.91 Å². The molecule has 0 rings (SSSR count). The van der Waals surface area contributed by atoms with Crippen LogP contribution >= 0.6 is 11.8 Å². The summed E-state index contributed by atoms with van der Waals surface area (Å²) in [6.07, 6.45) is -10.7. The Bertz CT molecular complexity index is 1240. The number of thioether (sulfide) groups is 1. The molecule has 7 N–H and O–H groups in total. The van der Waals surface area contributed by atoms with Gasteiger partial charge in [0.1, 0.15) is 18.6 Å². The molecule has 11 nitrogen and oxygen atoms in total. The highest BCUT2D eigenvalue weighted by Crippen LogP contribution is 2.63. The molecular formula is C20H18F15N3O8S. The molecule has 0 radical (unpaired) electrons. The number of amides is 2. The van der Waals surface area contributed by atoms with Gasteiger partial charge in [0, 0.05) is 18.2 Å². The molecule has 27 heteroatoms. The topological polar surface area (TPSA) is 196 Å². The van der Waals surface area contributed by atoms with Crippen LogP contribution < -0.4 is 16.4 Å². The smallest absolute Gasteiger partial charge is 0.460 e. The quantitative estimate of drug-likeness (QED) is 0.0897. The Kier molecular flexibility index (Phi) is 13.5. The molecule has 47 heavy (non-hydrogen) atoms. The average molecular weight is 745 g/mol. The molecule has 0 bridgehead atoms. The van der Waals surface area contributed by atoms with E-state index in [1.54, 1.807) is 5.32 Å². The molecule has 0 fully saturated rings. The molecule has 0 aromatic heterocycles. The van der Waals surface area contributed by atoms with E-state index in [-0.39, 0.29) is 0 Å². The van der Waals surface area contributed by atoms with Crippen molar-refractivity contribution in [2.45, 2.75) is 66.6 Å². The molecule has 2 atom stereocenters. The molecule has 2 amide bonds. The number of carbonyl (C=O) groups excluding carboxylic acids is 2. The Morgan fingerprint density at radius 2 is 1.17 bits per heavy atom. The minimum absolute atomic E-state index is 0.729. The van der Waals surface area contributed by atoms with Crippen LogP contribution in [-0.2, 0) is 24.0 Å². The van der Waals surface area contributed by atoms with E-state index in [1.807, 2.05) is 0 Å². The van der Waals surface area contributed by atoms with Crippen LogP contribution in [0.3, 0.4) is 0 Å². The highest BCUT2D eigenvalue weighted by atomic mass is 32.2. The van der Waals surface area contributed by atoms with E-state index < -0.39 is 131 Å². The lowest BCUT2D eigenvalue weighted by Crippen LogP contribution is -2.72. The van der Waals surface area contributed by atoms with E-state index in [4.69, 9.17) is 21.1 Å². The maximum atomic E-state index is 14.7. The van der Waals surface area contributed by atoms with Crippen LogP contribution in [0.4, 0.5) is 65.9 Å². The van der Waals surface area contributed by atoms with Crippen LogP contribution in [0.25, 0.3) is 0 Å². The predicted octanol–water partition coefficient (Wildman–Crippen LogP) is 2.94. The fraction of sp³-hybridized carbons (Fsp3) is 0.650. The maximum Gasteiger partial charge on any atom is 0.460 e. The lowest BCUT2D eigenvalue weighted by molar-refractivity contribution is -0.449. The molecule has 0 saturated carbocycles. The van der Waals surface area contributed by atoms with Gasteiger partial charge in [0.2, 0.25) is 11.8 Å². The van der Waals surface area contributed by atoms with Gasteiger partial charge in [-0.15, -0.1) is 11.8 Å². The summed E-state index contributed by atoms with van der Waals surface area (Å²) in [6.45, 7) is -1.34. The van der Waals surface area contributed by atoms with Gasteiger partial charge in [-0.3, -0.25) is 19.2 Å². The standard InChI is InChI=1S/C20H18F15N3O8S/c21-14(22,15(23,24)16(25,26)17(27,28)18(29,30)19(31,32)20(33,34)35)8(3-10(40)41)47-5-7(12(44)37-4-11(42)43)38-9(39)2-1-6(36)13(45)46/h3,6-7H,1-2,4-5,36H2,(H,37,44)(H,38,39)(H,40,41)(H,42,43)(H,45,46)/b8-3+. The minimum atomic E-state index is -8.67. The normalized spacial score (nSPS) is 15.4. The fourth-order valence-electron chi connectivity index (χ4n) is 2.78. The third-order valence-corrected chi connectivity index (χ3v) is 6.55. The number of carboxylic acids is 3. The van der Waals surface area contributed by atoms with E-state index >= 15 is 0 Å². The van der Waals surface area contributed by atoms with Crippen molar-refractivity contribution in [1.82, 2.24) is 10.6 Å². The van der Waals surface area contributed by atoms with E-state index in [0.29, 0.717) is 0 Å². The van der Waals surface area contributed by atoms with Gasteiger partial charge in [-0.25, -0.2) is 4.79 Å². The Balaban J connectivity index is 6.76. The number of nitrogens with two attached hydrogens (primary N) is 1. The molecule has 0 saturated heterocycles. The van der Waals surface area contributed by atoms with Crippen molar-refractivity contribution in [3.8, 4) is 0 Å².